The summed E-state index contributed by atoms with van der Waals surface area (Å²) >= 11 is 0. The molecular formula is C15H21NO4. The van der Waals surface area contributed by atoms with Crippen LogP contribution in [0.25, 0.3) is 0 Å². The molecule has 0 bridgehead atoms. The van der Waals surface area contributed by atoms with Gasteiger partial charge in [-0.15, -0.1) is 0 Å². The molecule has 0 aromatic heterocycles. The summed E-state index contributed by atoms with van der Waals surface area (Å²) in [5.74, 6) is 0.604. The second kappa shape index (κ2) is 8.32. The van der Waals surface area contributed by atoms with Crippen LogP contribution < -0.4 is 10.1 Å². The number of benzene rings is 1. The third kappa shape index (κ3) is 6.33. The van der Waals surface area contributed by atoms with E-state index in [0.29, 0.717) is 30.8 Å². The third-order valence-electron chi connectivity index (χ3n) is 2.67. The van der Waals surface area contributed by atoms with E-state index in [9.17, 15) is 9.59 Å². The van der Waals surface area contributed by atoms with Gasteiger partial charge in [0, 0.05) is 18.5 Å². The number of amides is 1. The minimum Gasteiger partial charge on any atom is -0.494 e. The molecule has 0 fully saturated rings. The normalized spacial score (nSPS) is 11.8. The highest BCUT2D eigenvalue weighted by Crippen LogP contribution is 2.12. The lowest BCUT2D eigenvalue weighted by Gasteiger charge is -2.08. The largest absolute Gasteiger partial charge is 0.494 e. The number of aliphatic hydroxyl groups is 1. The van der Waals surface area contributed by atoms with Crippen molar-refractivity contribution in [2.45, 2.75) is 32.8 Å². The second-order valence-corrected chi connectivity index (χ2v) is 4.69. The predicted molar refractivity (Wildman–Crippen MR) is 75.9 cm³/mol. The van der Waals surface area contributed by atoms with E-state index in [2.05, 4.69) is 5.32 Å². The summed E-state index contributed by atoms with van der Waals surface area (Å²) in [7, 11) is 0. The SMILES string of the molecule is CC(=O)c1ccc(OCCCC(=O)NCC(C)O)cc1. The summed E-state index contributed by atoms with van der Waals surface area (Å²) in [5.41, 5.74) is 0.648. The van der Waals surface area contributed by atoms with Crippen LogP contribution in [0.2, 0.25) is 0 Å². The molecule has 0 heterocycles. The third-order valence-corrected chi connectivity index (χ3v) is 2.67. The predicted octanol–water partition coefficient (Wildman–Crippen LogP) is 1.55. The Morgan fingerprint density at radius 1 is 1.30 bits per heavy atom. The van der Waals surface area contributed by atoms with E-state index in [0.717, 1.165) is 0 Å². The van der Waals surface area contributed by atoms with Crippen molar-refractivity contribution in [2.75, 3.05) is 13.2 Å². The lowest BCUT2D eigenvalue weighted by molar-refractivity contribution is -0.121. The van der Waals surface area contributed by atoms with Gasteiger partial charge in [-0.25, -0.2) is 0 Å². The molecule has 0 aliphatic heterocycles. The van der Waals surface area contributed by atoms with Gasteiger partial charge in [0.2, 0.25) is 5.91 Å². The van der Waals surface area contributed by atoms with Gasteiger partial charge in [0.05, 0.1) is 12.7 Å². The quantitative estimate of drug-likeness (QED) is 0.559. The topological polar surface area (TPSA) is 75.6 Å². The molecule has 0 spiro atoms. The minimum absolute atomic E-state index is 0.0198. The van der Waals surface area contributed by atoms with Gasteiger partial charge in [-0.2, -0.15) is 0 Å². The van der Waals surface area contributed by atoms with Crippen LogP contribution in [-0.4, -0.2) is 36.1 Å². The van der Waals surface area contributed by atoms with Crippen LogP contribution in [0.15, 0.2) is 24.3 Å². The molecule has 1 rings (SSSR count). The van der Waals surface area contributed by atoms with Crippen LogP contribution in [0.1, 0.15) is 37.0 Å². The van der Waals surface area contributed by atoms with Gasteiger partial charge < -0.3 is 15.2 Å². The Morgan fingerprint density at radius 2 is 1.95 bits per heavy atom. The van der Waals surface area contributed by atoms with E-state index in [1.807, 2.05) is 0 Å². The lowest BCUT2D eigenvalue weighted by atomic mass is 10.1. The molecule has 20 heavy (non-hydrogen) atoms. The Balaban J connectivity index is 2.21. The molecule has 1 amide bonds. The number of Topliss-reactive ketones (excluding diaryl/α,β-unsaturated/α-hetero) is 1. The van der Waals surface area contributed by atoms with Gasteiger partial charge in [0.1, 0.15) is 5.75 Å². The Morgan fingerprint density at radius 3 is 2.50 bits per heavy atom. The lowest BCUT2D eigenvalue weighted by Crippen LogP contribution is -2.30. The zero-order valence-electron chi connectivity index (χ0n) is 11.9. The minimum atomic E-state index is -0.532. The van der Waals surface area contributed by atoms with Gasteiger partial charge >= 0.3 is 0 Å². The Bertz CT molecular complexity index is 440. The van der Waals surface area contributed by atoms with Crippen LogP contribution in [-0.2, 0) is 4.79 Å². The Kier molecular flexibility index (Phi) is 6.73. The summed E-state index contributed by atoms with van der Waals surface area (Å²) < 4.78 is 5.48. The van der Waals surface area contributed by atoms with Crippen LogP contribution in [0, 0.1) is 0 Å². The first-order chi connectivity index (χ1) is 9.49. The number of aliphatic hydroxyl groups excluding tert-OH is 1. The van der Waals surface area contributed by atoms with E-state index in [-0.39, 0.29) is 18.2 Å². The molecule has 5 heteroatoms. The van der Waals surface area contributed by atoms with Crippen LogP contribution in [0.3, 0.4) is 0 Å². The van der Waals surface area contributed by atoms with Gasteiger partial charge in [-0.3, -0.25) is 9.59 Å². The molecule has 0 radical (unpaired) electrons. The Labute approximate surface area is 118 Å². The maximum Gasteiger partial charge on any atom is 0.220 e. The van der Waals surface area contributed by atoms with Crippen molar-refractivity contribution in [3.63, 3.8) is 0 Å². The molecule has 1 atom stereocenters. The zero-order valence-corrected chi connectivity index (χ0v) is 11.9. The van der Waals surface area contributed by atoms with Crippen molar-refractivity contribution >= 4 is 11.7 Å². The first kappa shape index (κ1) is 16.2. The van der Waals surface area contributed by atoms with E-state index < -0.39 is 6.10 Å². The average Bonchev–Trinajstić information content (AvgIpc) is 2.42. The smallest absolute Gasteiger partial charge is 0.220 e. The highest BCUT2D eigenvalue weighted by molar-refractivity contribution is 5.94. The van der Waals surface area contributed by atoms with E-state index >= 15 is 0 Å². The molecule has 1 unspecified atom stereocenters. The van der Waals surface area contributed by atoms with E-state index in [1.165, 1.54) is 6.92 Å². The van der Waals surface area contributed by atoms with Crippen molar-refractivity contribution < 1.29 is 19.4 Å². The van der Waals surface area contributed by atoms with Crippen molar-refractivity contribution in [3.8, 4) is 5.75 Å². The van der Waals surface area contributed by atoms with E-state index in [1.54, 1.807) is 31.2 Å². The molecule has 110 valence electrons. The summed E-state index contributed by atoms with van der Waals surface area (Å²) in [4.78, 5) is 22.5. The highest BCUT2D eigenvalue weighted by Gasteiger charge is 2.03. The molecule has 1 aromatic rings. The number of hydrogen-bond donors (Lipinski definition) is 2. The molecule has 1 aromatic carbocycles. The summed E-state index contributed by atoms with van der Waals surface area (Å²) in [6.45, 7) is 3.84. The molecule has 0 aliphatic carbocycles. The zero-order chi connectivity index (χ0) is 15.0. The van der Waals surface area contributed by atoms with Crippen LogP contribution in [0.5, 0.6) is 5.75 Å². The van der Waals surface area contributed by atoms with Crippen LogP contribution >= 0.6 is 0 Å². The fourth-order valence-electron chi connectivity index (χ4n) is 1.56. The standard InChI is InChI=1S/C15H21NO4/c1-11(17)10-16-15(19)4-3-9-20-14-7-5-13(6-8-14)12(2)18/h5-8,11,17H,3-4,9-10H2,1-2H3,(H,16,19). The van der Waals surface area contributed by atoms with Crippen molar-refractivity contribution in [3.05, 3.63) is 29.8 Å². The van der Waals surface area contributed by atoms with Gasteiger partial charge in [0.25, 0.3) is 0 Å². The number of ether oxygens (including phenoxy) is 1. The number of carbonyl (C=O) groups is 2. The summed E-state index contributed by atoms with van der Waals surface area (Å²) in [6, 6.07) is 6.91. The monoisotopic (exact) mass is 279 g/mol. The molecule has 0 saturated carbocycles. The molecular weight excluding hydrogens is 258 g/mol. The Hall–Kier alpha value is -1.88. The van der Waals surface area contributed by atoms with Crippen molar-refractivity contribution in [1.82, 2.24) is 5.32 Å². The van der Waals surface area contributed by atoms with Crippen molar-refractivity contribution in [2.24, 2.45) is 0 Å². The summed E-state index contributed by atoms with van der Waals surface area (Å²) in [6.07, 6.45) is 0.424. The fourth-order valence-corrected chi connectivity index (χ4v) is 1.56. The van der Waals surface area contributed by atoms with Gasteiger partial charge in [0.15, 0.2) is 5.78 Å². The maximum absolute atomic E-state index is 11.4. The molecule has 2 N–H and O–H groups in total. The maximum atomic E-state index is 11.4. The number of ketones is 1. The molecule has 5 nitrogen and oxygen atoms in total. The fraction of sp³-hybridized carbons (Fsp3) is 0.467. The first-order valence-corrected chi connectivity index (χ1v) is 6.67. The number of rotatable bonds is 8. The number of carbonyl (C=O) groups excluding carboxylic acids is 2. The second-order valence-electron chi connectivity index (χ2n) is 4.69. The molecule has 0 saturated heterocycles. The molecule has 0 aliphatic rings. The van der Waals surface area contributed by atoms with Crippen LogP contribution in [0.4, 0.5) is 0 Å². The van der Waals surface area contributed by atoms with Gasteiger partial charge in [-0.05, 0) is 44.5 Å². The number of hydrogen-bond acceptors (Lipinski definition) is 4. The van der Waals surface area contributed by atoms with Gasteiger partial charge in [-0.1, -0.05) is 0 Å². The first-order valence-electron chi connectivity index (χ1n) is 6.67. The average molecular weight is 279 g/mol. The van der Waals surface area contributed by atoms with E-state index in [4.69, 9.17) is 9.84 Å². The summed E-state index contributed by atoms with van der Waals surface area (Å²) in [5, 5.41) is 11.6. The van der Waals surface area contributed by atoms with Crippen molar-refractivity contribution in [1.29, 1.82) is 0 Å². The highest BCUT2D eigenvalue weighted by atomic mass is 16.5. The number of nitrogens with one attached hydrogen (secondary N) is 1.